The fourth-order valence-electron chi connectivity index (χ4n) is 1.16. The van der Waals surface area contributed by atoms with E-state index in [9.17, 15) is 14.9 Å². The number of alkyl halides is 1. The Labute approximate surface area is 109 Å². The van der Waals surface area contributed by atoms with Crippen molar-refractivity contribution in [3.63, 3.8) is 0 Å². The van der Waals surface area contributed by atoms with Gasteiger partial charge in [-0.2, -0.15) is 5.26 Å². The number of rotatable bonds is 3. The Bertz CT molecular complexity index is 510. The first-order chi connectivity index (χ1) is 7.52. The van der Waals surface area contributed by atoms with Crippen LogP contribution in [0.4, 0.5) is 5.69 Å². The molecule has 16 heavy (non-hydrogen) atoms. The Balaban J connectivity index is 3.59. The summed E-state index contributed by atoms with van der Waals surface area (Å²) in [4.78, 5) is 21.5. The van der Waals surface area contributed by atoms with Crippen LogP contribution in [0.5, 0.6) is 0 Å². The summed E-state index contributed by atoms with van der Waals surface area (Å²) in [6.07, 6.45) is 0. The third kappa shape index (κ3) is 2.31. The van der Waals surface area contributed by atoms with Crippen molar-refractivity contribution in [2.24, 2.45) is 0 Å². The molecule has 0 atom stereocenters. The molecule has 0 aliphatic carbocycles. The maximum absolute atomic E-state index is 11.4. The van der Waals surface area contributed by atoms with Gasteiger partial charge in [-0.1, -0.05) is 0 Å². The Hall–Kier alpha value is -1.20. The van der Waals surface area contributed by atoms with Crippen LogP contribution in [0.3, 0.4) is 0 Å². The molecule has 0 amide bonds. The second kappa shape index (κ2) is 5.23. The number of nitro groups is 1. The molecule has 0 spiro atoms. The molecular formula is C9H4ClIN2O3. The van der Waals surface area contributed by atoms with Gasteiger partial charge in [-0.05, 0) is 34.7 Å². The zero-order valence-corrected chi connectivity index (χ0v) is 10.7. The summed E-state index contributed by atoms with van der Waals surface area (Å²) in [6, 6.07) is 4.51. The smallest absolute Gasteiger partial charge is 0.293 e. The second-order valence-electron chi connectivity index (χ2n) is 2.74. The highest BCUT2D eigenvalue weighted by atomic mass is 127. The number of ketones is 1. The summed E-state index contributed by atoms with van der Waals surface area (Å²) >= 11 is 7.14. The molecule has 7 heteroatoms. The van der Waals surface area contributed by atoms with Gasteiger partial charge in [-0.3, -0.25) is 14.9 Å². The number of halogens is 2. The number of carbonyl (C=O) groups is 1. The van der Waals surface area contributed by atoms with Crippen LogP contribution in [0.1, 0.15) is 15.9 Å². The van der Waals surface area contributed by atoms with E-state index in [0.717, 1.165) is 0 Å². The third-order valence-electron chi connectivity index (χ3n) is 1.84. The van der Waals surface area contributed by atoms with E-state index in [4.69, 9.17) is 16.9 Å². The van der Waals surface area contributed by atoms with Gasteiger partial charge >= 0.3 is 0 Å². The van der Waals surface area contributed by atoms with Gasteiger partial charge in [0.2, 0.25) is 0 Å². The minimum Gasteiger partial charge on any atom is -0.293 e. The van der Waals surface area contributed by atoms with E-state index < -0.39 is 16.4 Å². The predicted octanol–water partition coefficient (Wildman–Crippen LogP) is 2.49. The van der Waals surface area contributed by atoms with Crippen molar-refractivity contribution in [1.29, 1.82) is 5.26 Å². The molecule has 0 saturated carbocycles. The fourth-order valence-corrected chi connectivity index (χ4v) is 1.86. The first-order valence-corrected chi connectivity index (χ1v) is 5.60. The average Bonchev–Trinajstić information content (AvgIpc) is 2.27. The van der Waals surface area contributed by atoms with E-state index in [2.05, 4.69) is 0 Å². The monoisotopic (exact) mass is 350 g/mol. The van der Waals surface area contributed by atoms with Crippen molar-refractivity contribution < 1.29 is 9.72 Å². The van der Waals surface area contributed by atoms with Gasteiger partial charge in [0.1, 0.15) is 11.6 Å². The lowest BCUT2D eigenvalue weighted by Crippen LogP contribution is -2.07. The van der Waals surface area contributed by atoms with Crippen LogP contribution in [0.15, 0.2) is 12.1 Å². The van der Waals surface area contributed by atoms with Crippen LogP contribution in [0.25, 0.3) is 0 Å². The normalized spacial score (nSPS) is 9.56. The van der Waals surface area contributed by atoms with Gasteiger partial charge in [0, 0.05) is 3.57 Å². The molecular weight excluding hydrogens is 346 g/mol. The van der Waals surface area contributed by atoms with E-state index >= 15 is 0 Å². The van der Waals surface area contributed by atoms with Gasteiger partial charge in [0.05, 0.1) is 16.4 Å². The van der Waals surface area contributed by atoms with E-state index in [1.54, 1.807) is 28.7 Å². The summed E-state index contributed by atoms with van der Waals surface area (Å²) in [7, 11) is 0. The molecule has 0 radical (unpaired) electrons. The van der Waals surface area contributed by atoms with Crippen molar-refractivity contribution in [3.05, 3.63) is 36.9 Å². The highest BCUT2D eigenvalue weighted by molar-refractivity contribution is 14.1. The van der Waals surface area contributed by atoms with Gasteiger partial charge in [-0.25, -0.2) is 0 Å². The number of Topliss-reactive ketones (excluding diaryl/α,β-unsaturated/α-hetero) is 1. The quantitative estimate of drug-likeness (QED) is 0.276. The highest BCUT2D eigenvalue weighted by Crippen LogP contribution is 2.28. The maximum Gasteiger partial charge on any atom is 0.298 e. The highest BCUT2D eigenvalue weighted by Gasteiger charge is 2.25. The first kappa shape index (κ1) is 12.9. The Kier molecular flexibility index (Phi) is 4.20. The third-order valence-corrected chi connectivity index (χ3v) is 2.98. The minimum atomic E-state index is -0.736. The van der Waals surface area contributed by atoms with Crippen molar-refractivity contribution in [3.8, 4) is 6.07 Å². The zero-order valence-electron chi connectivity index (χ0n) is 7.74. The van der Waals surface area contributed by atoms with Crippen LogP contribution in [0.2, 0.25) is 0 Å². The summed E-state index contributed by atoms with van der Waals surface area (Å²) in [5.74, 6) is -0.923. The molecule has 5 nitrogen and oxygen atoms in total. The Morgan fingerprint density at radius 3 is 2.69 bits per heavy atom. The summed E-state index contributed by atoms with van der Waals surface area (Å²) < 4.78 is 0.429. The molecule has 0 unspecified atom stereocenters. The van der Waals surface area contributed by atoms with Crippen LogP contribution >= 0.6 is 34.2 Å². The number of benzene rings is 1. The van der Waals surface area contributed by atoms with Crippen LogP contribution in [-0.4, -0.2) is 16.6 Å². The second-order valence-corrected chi connectivity index (χ2v) is 4.17. The molecule has 0 aromatic heterocycles. The number of hydrogen-bond donors (Lipinski definition) is 0. The lowest BCUT2D eigenvalue weighted by atomic mass is 10.1. The first-order valence-electron chi connectivity index (χ1n) is 3.99. The Morgan fingerprint density at radius 2 is 2.25 bits per heavy atom. The fraction of sp³-hybridized carbons (Fsp3) is 0.111. The standard InChI is InChI=1S/C9H4ClIN2O3/c10-3-8(14)5-1-2-7(11)6(4-12)9(5)13(15)16/h1-2H,3H2. The summed E-state index contributed by atoms with van der Waals surface area (Å²) in [6.45, 7) is 0. The maximum atomic E-state index is 11.4. The summed E-state index contributed by atoms with van der Waals surface area (Å²) in [5.41, 5.74) is -0.710. The zero-order chi connectivity index (χ0) is 12.3. The topological polar surface area (TPSA) is 84.0 Å². The molecule has 0 saturated heterocycles. The van der Waals surface area contributed by atoms with Crippen molar-refractivity contribution in [1.82, 2.24) is 0 Å². The minimum absolute atomic E-state index is 0.110. The molecule has 0 heterocycles. The molecule has 0 N–H and O–H groups in total. The molecule has 0 fully saturated rings. The lowest BCUT2D eigenvalue weighted by Gasteiger charge is -2.02. The van der Waals surface area contributed by atoms with Gasteiger partial charge in [0.25, 0.3) is 5.69 Å². The van der Waals surface area contributed by atoms with Crippen LogP contribution < -0.4 is 0 Å². The van der Waals surface area contributed by atoms with E-state index in [1.165, 1.54) is 12.1 Å². The Morgan fingerprint density at radius 1 is 1.62 bits per heavy atom. The van der Waals surface area contributed by atoms with Crippen molar-refractivity contribution in [2.45, 2.75) is 0 Å². The molecule has 0 bridgehead atoms. The lowest BCUT2D eigenvalue weighted by molar-refractivity contribution is -0.385. The summed E-state index contributed by atoms with van der Waals surface area (Å²) in [5, 5.41) is 19.7. The van der Waals surface area contributed by atoms with Crippen LogP contribution in [0, 0.1) is 25.0 Å². The molecule has 1 rings (SSSR count). The van der Waals surface area contributed by atoms with E-state index in [0.29, 0.717) is 3.57 Å². The van der Waals surface area contributed by atoms with Gasteiger partial charge in [-0.15, -0.1) is 11.6 Å². The van der Waals surface area contributed by atoms with Gasteiger partial charge < -0.3 is 0 Å². The van der Waals surface area contributed by atoms with Crippen molar-refractivity contribution >= 4 is 45.7 Å². The molecule has 1 aromatic rings. The van der Waals surface area contributed by atoms with E-state index in [-0.39, 0.29) is 17.0 Å². The number of nitriles is 1. The van der Waals surface area contributed by atoms with Crippen molar-refractivity contribution in [2.75, 3.05) is 5.88 Å². The average molecular weight is 350 g/mol. The van der Waals surface area contributed by atoms with Gasteiger partial charge in [0.15, 0.2) is 5.78 Å². The number of nitro benzene ring substituents is 1. The number of nitrogens with zero attached hydrogens (tertiary/aromatic N) is 2. The molecule has 82 valence electrons. The predicted molar refractivity (Wildman–Crippen MR) is 65.6 cm³/mol. The number of hydrogen-bond acceptors (Lipinski definition) is 4. The number of carbonyl (C=O) groups excluding carboxylic acids is 1. The van der Waals surface area contributed by atoms with Crippen LogP contribution in [-0.2, 0) is 0 Å². The molecule has 0 aliphatic rings. The molecule has 0 aliphatic heterocycles. The van der Waals surface area contributed by atoms with E-state index in [1.807, 2.05) is 0 Å². The largest absolute Gasteiger partial charge is 0.298 e. The SMILES string of the molecule is N#Cc1c(I)ccc(C(=O)CCl)c1[N+](=O)[O-]. The molecule has 1 aromatic carbocycles.